The average molecular weight is 344 g/mol. The molecule has 0 aliphatic carbocycles. The zero-order valence-corrected chi connectivity index (χ0v) is 14.7. The first-order valence-electron chi connectivity index (χ1n) is 9.18. The molecule has 0 spiro atoms. The predicted molar refractivity (Wildman–Crippen MR) is 105 cm³/mol. The molecule has 1 fully saturated rings. The van der Waals surface area contributed by atoms with Gasteiger partial charge in [-0.25, -0.2) is 4.98 Å². The molecule has 1 aliphatic heterocycles. The highest BCUT2D eigenvalue weighted by Gasteiger charge is 2.21. The molecule has 2 aromatic heterocycles. The normalized spacial score (nSPS) is 16.0. The Morgan fingerprint density at radius 2 is 1.58 bits per heavy atom. The maximum absolute atomic E-state index is 13.1. The van der Waals surface area contributed by atoms with Gasteiger partial charge in [0.25, 0.3) is 5.56 Å². The molecule has 130 valence electrons. The van der Waals surface area contributed by atoms with Crippen LogP contribution < -0.4 is 10.5 Å². The SMILES string of the molecule is CC1CCN(c2nn3c(=O)c4ccccc4nc3c3ccccc23)CC1. The molecule has 4 aromatic rings. The Balaban J connectivity index is 1.86. The molecule has 1 saturated heterocycles. The summed E-state index contributed by atoms with van der Waals surface area (Å²) in [4.78, 5) is 20.1. The van der Waals surface area contributed by atoms with Crippen molar-refractivity contribution in [2.24, 2.45) is 5.92 Å². The predicted octanol–water partition coefficient (Wildman–Crippen LogP) is 3.63. The van der Waals surface area contributed by atoms with Crippen molar-refractivity contribution < 1.29 is 0 Å². The van der Waals surface area contributed by atoms with Crippen molar-refractivity contribution in [3.63, 3.8) is 0 Å². The van der Waals surface area contributed by atoms with E-state index in [0.29, 0.717) is 16.6 Å². The summed E-state index contributed by atoms with van der Waals surface area (Å²) < 4.78 is 1.48. The standard InChI is InChI=1S/C21H20N4O/c1-14-10-12-24(13-11-14)20-16-7-3-2-6-15(16)19-22-18-9-5-4-8-17(18)21(26)25(19)23-20/h2-9,14H,10-13H2,1H3. The molecule has 3 heterocycles. The zero-order chi connectivity index (χ0) is 17.7. The Kier molecular flexibility index (Phi) is 3.42. The number of hydrogen-bond acceptors (Lipinski definition) is 4. The van der Waals surface area contributed by atoms with Crippen LogP contribution in [0.2, 0.25) is 0 Å². The van der Waals surface area contributed by atoms with Gasteiger partial charge in [-0.2, -0.15) is 4.52 Å². The van der Waals surface area contributed by atoms with Gasteiger partial charge in [0.1, 0.15) is 0 Å². The number of piperidine rings is 1. The number of rotatable bonds is 1. The minimum Gasteiger partial charge on any atom is -0.355 e. The molecule has 5 rings (SSSR count). The molecular weight excluding hydrogens is 324 g/mol. The van der Waals surface area contributed by atoms with Crippen molar-refractivity contribution in [1.29, 1.82) is 0 Å². The second-order valence-corrected chi connectivity index (χ2v) is 7.21. The Morgan fingerprint density at radius 1 is 0.923 bits per heavy atom. The number of fused-ring (bicyclic) bond motifs is 4. The minimum atomic E-state index is -0.108. The highest BCUT2D eigenvalue weighted by atomic mass is 16.1. The van der Waals surface area contributed by atoms with E-state index in [-0.39, 0.29) is 5.56 Å². The number of anilines is 1. The third-order valence-corrected chi connectivity index (χ3v) is 5.44. The van der Waals surface area contributed by atoms with Crippen molar-refractivity contribution in [2.45, 2.75) is 19.8 Å². The van der Waals surface area contributed by atoms with E-state index in [4.69, 9.17) is 10.1 Å². The van der Waals surface area contributed by atoms with Gasteiger partial charge < -0.3 is 4.90 Å². The van der Waals surface area contributed by atoms with Gasteiger partial charge >= 0.3 is 0 Å². The van der Waals surface area contributed by atoms with Gasteiger partial charge in [-0.05, 0) is 30.9 Å². The quantitative estimate of drug-likeness (QED) is 0.391. The fourth-order valence-corrected chi connectivity index (χ4v) is 3.87. The third-order valence-electron chi connectivity index (χ3n) is 5.44. The van der Waals surface area contributed by atoms with Crippen molar-refractivity contribution in [3.05, 3.63) is 58.9 Å². The molecule has 0 radical (unpaired) electrons. The zero-order valence-electron chi connectivity index (χ0n) is 14.7. The number of benzene rings is 2. The monoisotopic (exact) mass is 344 g/mol. The smallest absolute Gasteiger partial charge is 0.282 e. The van der Waals surface area contributed by atoms with Crippen LogP contribution in [0.4, 0.5) is 5.82 Å². The van der Waals surface area contributed by atoms with Gasteiger partial charge in [-0.1, -0.05) is 43.3 Å². The van der Waals surface area contributed by atoms with Gasteiger partial charge in [0.15, 0.2) is 11.5 Å². The summed E-state index contributed by atoms with van der Waals surface area (Å²) in [6.45, 7) is 4.24. The van der Waals surface area contributed by atoms with E-state index in [1.54, 1.807) is 0 Å². The Hall–Kier alpha value is -2.95. The summed E-state index contributed by atoms with van der Waals surface area (Å²) in [5, 5.41) is 7.40. The fourth-order valence-electron chi connectivity index (χ4n) is 3.87. The van der Waals surface area contributed by atoms with E-state index >= 15 is 0 Å². The number of nitrogens with zero attached hydrogens (tertiary/aromatic N) is 4. The number of aromatic nitrogens is 3. The van der Waals surface area contributed by atoms with Crippen LogP contribution in [0.25, 0.3) is 27.3 Å². The van der Waals surface area contributed by atoms with Crippen molar-refractivity contribution in [1.82, 2.24) is 14.6 Å². The average Bonchev–Trinajstić information content (AvgIpc) is 2.69. The van der Waals surface area contributed by atoms with Crippen LogP contribution in [0.1, 0.15) is 19.8 Å². The first-order valence-corrected chi connectivity index (χ1v) is 9.18. The molecule has 0 unspecified atom stereocenters. The van der Waals surface area contributed by atoms with E-state index in [2.05, 4.69) is 17.9 Å². The van der Waals surface area contributed by atoms with Crippen LogP contribution in [-0.4, -0.2) is 27.7 Å². The lowest BCUT2D eigenvalue weighted by atomic mass is 9.99. The summed E-state index contributed by atoms with van der Waals surface area (Å²) in [6, 6.07) is 15.6. The largest absolute Gasteiger partial charge is 0.355 e. The Bertz CT molecular complexity index is 1190. The van der Waals surface area contributed by atoms with Gasteiger partial charge in [0, 0.05) is 23.9 Å². The van der Waals surface area contributed by atoms with E-state index < -0.39 is 0 Å². The maximum Gasteiger partial charge on any atom is 0.282 e. The molecule has 1 aliphatic rings. The lowest BCUT2D eigenvalue weighted by Crippen LogP contribution is -2.34. The first-order chi connectivity index (χ1) is 12.7. The van der Waals surface area contributed by atoms with Crippen LogP contribution in [0.3, 0.4) is 0 Å². The fraction of sp³-hybridized carbons (Fsp3) is 0.286. The molecule has 26 heavy (non-hydrogen) atoms. The summed E-state index contributed by atoms with van der Waals surface area (Å²) in [6.07, 6.45) is 2.30. The van der Waals surface area contributed by atoms with Gasteiger partial charge in [-0.15, -0.1) is 5.10 Å². The highest BCUT2D eigenvalue weighted by Crippen LogP contribution is 2.30. The van der Waals surface area contributed by atoms with E-state index in [1.165, 1.54) is 4.52 Å². The Labute approximate surface area is 150 Å². The lowest BCUT2D eigenvalue weighted by molar-refractivity contribution is 0.436. The van der Waals surface area contributed by atoms with Crippen molar-refractivity contribution in [2.75, 3.05) is 18.0 Å². The number of hydrogen-bond donors (Lipinski definition) is 0. The summed E-state index contributed by atoms with van der Waals surface area (Å²) in [5.74, 6) is 1.63. The second-order valence-electron chi connectivity index (χ2n) is 7.21. The van der Waals surface area contributed by atoms with Crippen molar-refractivity contribution in [3.8, 4) is 0 Å². The Morgan fingerprint density at radius 3 is 2.35 bits per heavy atom. The molecule has 2 aromatic carbocycles. The molecule has 0 N–H and O–H groups in total. The summed E-state index contributed by atoms with van der Waals surface area (Å²) >= 11 is 0. The molecule has 0 atom stereocenters. The topological polar surface area (TPSA) is 50.5 Å². The van der Waals surface area contributed by atoms with Gasteiger partial charge in [0.2, 0.25) is 0 Å². The van der Waals surface area contributed by atoms with Crippen molar-refractivity contribution >= 4 is 33.1 Å². The van der Waals surface area contributed by atoms with Crippen LogP contribution in [0, 0.1) is 5.92 Å². The molecule has 5 heteroatoms. The van der Waals surface area contributed by atoms with Gasteiger partial charge in [0.05, 0.1) is 10.9 Å². The second kappa shape index (κ2) is 5.80. The minimum absolute atomic E-state index is 0.108. The summed E-state index contributed by atoms with van der Waals surface area (Å²) in [7, 11) is 0. The van der Waals surface area contributed by atoms with Crippen LogP contribution in [0.5, 0.6) is 0 Å². The van der Waals surface area contributed by atoms with Crippen LogP contribution in [-0.2, 0) is 0 Å². The molecule has 5 nitrogen and oxygen atoms in total. The molecule has 0 bridgehead atoms. The maximum atomic E-state index is 13.1. The summed E-state index contributed by atoms with van der Waals surface area (Å²) in [5.41, 5.74) is 1.23. The van der Waals surface area contributed by atoms with E-state index in [9.17, 15) is 4.79 Å². The lowest BCUT2D eigenvalue weighted by Gasteiger charge is -2.31. The number of para-hydroxylation sites is 1. The van der Waals surface area contributed by atoms with Gasteiger partial charge in [-0.3, -0.25) is 4.79 Å². The molecule has 0 amide bonds. The van der Waals surface area contributed by atoms with E-state index in [1.807, 2.05) is 42.5 Å². The van der Waals surface area contributed by atoms with Crippen LogP contribution >= 0.6 is 0 Å². The third kappa shape index (κ3) is 2.27. The van der Waals surface area contributed by atoms with Crippen LogP contribution in [0.15, 0.2) is 53.3 Å². The molecular formula is C21H20N4O. The van der Waals surface area contributed by atoms with E-state index in [0.717, 1.165) is 48.4 Å². The molecule has 0 saturated carbocycles. The first kappa shape index (κ1) is 15.3. The highest BCUT2D eigenvalue weighted by molar-refractivity contribution is 6.01.